The lowest BCUT2D eigenvalue weighted by atomic mass is 10.1. The first-order chi connectivity index (χ1) is 13.1. The predicted octanol–water partition coefficient (Wildman–Crippen LogP) is 2.25. The molecule has 1 atom stereocenters. The molecule has 142 valence electrons. The van der Waals surface area contributed by atoms with E-state index in [4.69, 9.17) is 9.47 Å². The summed E-state index contributed by atoms with van der Waals surface area (Å²) in [7, 11) is 3.13. The second-order valence-electron chi connectivity index (χ2n) is 6.45. The molecule has 1 aliphatic heterocycles. The quantitative estimate of drug-likeness (QED) is 0.785. The SMILES string of the molecule is COc1cccc(CN2CCN(C(=O)[C@H](OC)c3ccccc3)CC2=O)c1. The Kier molecular flexibility index (Phi) is 6.08. The lowest BCUT2D eigenvalue weighted by molar-refractivity contribution is -0.152. The van der Waals surface area contributed by atoms with Crippen LogP contribution in [0.1, 0.15) is 17.2 Å². The van der Waals surface area contributed by atoms with Gasteiger partial charge in [-0.2, -0.15) is 0 Å². The van der Waals surface area contributed by atoms with Gasteiger partial charge in [0.05, 0.1) is 13.7 Å². The van der Waals surface area contributed by atoms with Crippen LogP contribution in [-0.2, 0) is 20.9 Å². The number of nitrogens with zero attached hydrogens (tertiary/aromatic N) is 2. The molecule has 1 saturated heterocycles. The maximum Gasteiger partial charge on any atom is 0.256 e. The van der Waals surface area contributed by atoms with Crippen molar-refractivity contribution in [2.24, 2.45) is 0 Å². The van der Waals surface area contributed by atoms with Gasteiger partial charge in [-0.3, -0.25) is 9.59 Å². The van der Waals surface area contributed by atoms with Crippen molar-refractivity contribution in [3.8, 4) is 5.75 Å². The first-order valence-corrected chi connectivity index (χ1v) is 8.89. The van der Waals surface area contributed by atoms with E-state index >= 15 is 0 Å². The van der Waals surface area contributed by atoms with Gasteiger partial charge in [-0.25, -0.2) is 0 Å². The molecule has 0 N–H and O–H groups in total. The zero-order valence-electron chi connectivity index (χ0n) is 15.6. The number of amides is 2. The normalized spacial score (nSPS) is 15.6. The zero-order valence-corrected chi connectivity index (χ0v) is 15.6. The van der Waals surface area contributed by atoms with E-state index in [1.807, 2.05) is 54.6 Å². The molecule has 27 heavy (non-hydrogen) atoms. The van der Waals surface area contributed by atoms with Crippen LogP contribution in [0.25, 0.3) is 0 Å². The van der Waals surface area contributed by atoms with Crippen LogP contribution in [0.2, 0.25) is 0 Å². The van der Waals surface area contributed by atoms with E-state index < -0.39 is 6.10 Å². The average molecular weight is 368 g/mol. The van der Waals surface area contributed by atoms with Crippen molar-refractivity contribution in [2.75, 3.05) is 33.9 Å². The Labute approximate surface area is 159 Å². The van der Waals surface area contributed by atoms with Gasteiger partial charge in [0.25, 0.3) is 5.91 Å². The number of carbonyl (C=O) groups is 2. The summed E-state index contributed by atoms with van der Waals surface area (Å²) in [5.74, 6) is 0.512. The second kappa shape index (κ2) is 8.68. The van der Waals surface area contributed by atoms with Crippen LogP contribution in [0, 0.1) is 0 Å². The van der Waals surface area contributed by atoms with Crippen molar-refractivity contribution >= 4 is 11.8 Å². The van der Waals surface area contributed by atoms with Crippen molar-refractivity contribution in [3.63, 3.8) is 0 Å². The minimum Gasteiger partial charge on any atom is -0.497 e. The molecule has 0 bridgehead atoms. The van der Waals surface area contributed by atoms with E-state index in [0.717, 1.165) is 16.9 Å². The van der Waals surface area contributed by atoms with Crippen molar-refractivity contribution in [1.82, 2.24) is 9.80 Å². The van der Waals surface area contributed by atoms with E-state index in [9.17, 15) is 9.59 Å². The molecule has 1 fully saturated rings. The predicted molar refractivity (Wildman–Crippen MR) is 101 cm³/mol. The summed E-state index contributed by atoms with van der Waals surface area (Å²) < 4.78 is 10.6. The van der Waals surface area contributed by atoms with Crippen LogP contribution >= 0.6 is 0 Å². The smallest absolute Gasteiger partial charge is 0.256 e. The van der Waals surface area contributed by atoms with E-state index in [-0.39, 0.29) is 18.4 Å². The standard InChI is InChI=1S/C21H24N2O4/c1-26-18-10-6-7-16(13-18)14-22-11-12-23(15-19(22)24)21(25)20(27-2)17-8-4-3-5-9-17/h3-10,13,20H,11-12,14-15H2,1-2H3/t20-/m1/s1. The average Bonchev–Trinajstić information content (AvgIpc) is 2.71. The third-order valence-corrected chi connectivity index (χ3v) is 4.70. The third kappa shape index (κ3) is 4.46. The molecular formula is C21H24N2O4. The van der Waals surface area contributed by atoms with Crippen LogP contribution in [0.15, 0.2) is 54.6 Å². The van der Waals surface area contributed by atoms with Gasteiger partial charge in [0, 0.05) is 26.7 Å². The Hall–Kier alpha value is -2.86. The third-order valence-electron chi connectivity index (χ3n) is 4.70. The van der Waals surface area contributed by atoms with Crippen molar-refractivity contribution in [2.45, 2.75) is 12.6 Å². The summed E-state index contributed by atoms with van der Waals surface area (Å²) in [4.78, 5) is 28.8. The Morgan fingerprint density at radius 3 is 2.52 bits per heavy atom. The first-order valence-electron chi connectivity index (χ1n) is 8.89. The number of hydrogen-bond acceptors (Lipinski definition) is 4. The molecule has 0 aliphatic carbocycles. The molecule has 1 aliphatic rings. The summed E-state index contributed by atoms with van der Waals surface area (Å²) in [6.07, 6.45) is -0.691. The molecule has 0 saturated carbocycles. The molecule has 0 aromatic heterocycles. The molecule has 1 heterocycles. The van der Waals surface area contributed by atoms with Crippen LogP contribution in [0.3, 0.4) is 0 Å². The highest BCUT2D eigenvalue weighted by Crippen LogP contribution is 2.21. The molecule has 6 heteroatoms. The Morgan fingerprint density at radius 2 is 1.85 bits per heavy atom. The monoisotopic (exact) mass is 368 g/mol. The van der Waals surface area contributed by atoms with Gasteiger partial charge in [0.1, 0.15) is 5.75 Å². The number of hydrogen-bond donors (Lipinski definition) is 0. The number of benzene rings is 2. The molecule has 0 spiro atoms. The number of ether oxygens (including phenoxy) is 2. The molecule has 2 aromatic rings. The molecule has 2 aromatic carbocycles. The van der Waals surface area contributed by atoms with Gasteiger partial charge in [-0.05, 0) is 23.3 Å². The number of methoxy groups -OCH3 is 2. The highest BCUT2D eigenvalue weighted by Gasteiger charge is 2.32. The van der Waals surface area contributed by atoms with Gasteiger partial charge in [-0.15, -0.1) is 0 Å². The van der Waals surface area contributed by atoms with E-state index in [2.05, 4.69) is 0 Å². The Balaban J connectivity index is 1.63. The Bertz CT molecular complexity index is 794. The highest BCUT2D eigenvalue weighted by molar-refractivity contribution is 5.88. The van der Waals surface area contributed by atoms with Crippen LogP contribution in [0.4, 0.5) is 0 Å². The number of piperazine rings is 1. The molecule has 0 radical (unpaired) electrons. The zero-order chi connectivity index (χ0) is 19.2. The first kappa shape index (κ1) is 18.9. The summed E-state index contributed by atoms with van der Waals surface area (Å²) in [5.41, 5.74) is 1.79. The summed E-state index contributed by atoms with van der Waals surface area (Å²) in [6, 6.07) is 17.0. The van der Waals surface area contributed by atoms with Gasteiger partial charge >= 0.3 is 0 Å². The van der Waals surface area contributed by atoms with Crippen molar-refractivity contribution in [3.05, 3.63) is 65.7 Å². The minimum absolute atomic E-state index is 0.0650. The van der Waals surface area contributed by atoms with Crippen LogP contribution in [-0.4, -0.2) is 55.5 Å². The lowest BCUT2D eigenvalue weighted by Gasteiger charge is -2.35. The maximum absolute atomic E-state index is 12.8. The van der Waals surface area contributed by atoms with Crippen LogP contribution in [0.5, 0.6) is 5.75 Å². The largest absolute Gasteiger partial charge is 0.497 e. The summed E-state index contributed by atoms with van der Waals surface area (Å²) >= 11 is 0. The van der Waals surface area contributed by atoms with E-state index in [1.54, 1.807) is 16.9 Å². The minimum atomic E-state index is -0.691. The number of carbonyl (C=O) groups excluding carboxylic acids is 2. The maximum atomic E-state index is 12.8. The molecule has 6 nitrogen and oxygen atoms in total. The fourth-order valence-electron chi connectivity index (χ4n) is 3.23. The molecule has 0 unspecified atom stereocenters. The molecular weight excluding hydrogens is 344 g/mol. The van der Waals surface area contributed by atoms with Crippen molar-refractivity contribution < 1.29 is 19.1 Å². The van der Waals surface area contributed by atoms with Gasteiger partial charge in [-0.1, -0.05) is 42.5 Å². The van der Waals surface area contributed by atoms with Gasteiger partial charge in [0.15, 0.2) is 6.10 Å². The molecule has 2 amide bonds. The summed E-state index contributed by atoms with van der Waals surface area (Å²) in [5, 5.41) is 0. The summed E-state index contributed by atoms with van der Waals surface area (Å²) in [6.45, 7) is 1.55. The topological polar surface area (TPSA) is 59.1 Å². The fraction of sp³-hybridized carbons (Fsp3) is 0.333. The second-order valence-corrected chi connectivity index (χ2v) is 6.45. The lowest BCUT2D eigenvalue weighted by Crippen LogP contribution is -2.53. The van der Waals surface area contributed by atoms with E-state index in [0.29, 0.717) is 19.6 Å². The van der Waals surface area contributed by atoms with E-state index in [1.165, 1.54) is 7.11 Å². The fourth-order valence-corrected chi connectivity index (χ4v) is 3.23. The van der Waals surface area contributed by atoms with Crippen molar-refractivity contribution in [1.29, 1.82) is 0 Å². The van der Waals surface area contributed by atoms with Gasteiger partial charge in [0.2, 0.25) is 5.91 Å². The highest BCUT2D eigenvalue weighted by atomic mass is 16.5. The Morgan fingerprint density at radius 1 is 1.07 bits per heavy atom. The van der Waals surface area contributed by atoms with Crippen LogP contribution < -0.4 is 4.74 Å². The van der Waals surface area contributed by atoms with Gasteiger partial charge < -0.3 is 19.3 Å². The molecule has 3 rings (SSSR count). The number of rotatable bonds is 6.